The standard InChI is InChI=1S/C13H17ClN2O2/c14-11-7-9(8-15-13(11)18)12(17)16-10-5-3-1-2-4-6-10/h7-8,10H,1-6H2,(H,15,18)(H,16,17). The van der Waals surface area contributed by atoms with Crippen molar-refractivity contribution >= 4 is 17.5 Å². The number of rotatable bonds is 2. The van der Waals surface area contributed by atoms with Gasteiger partial charge in [-0.2, -0.15) is 0 Å². The number of H-pyrrole nitrogens is 1. The third-order valence-electron chi connectivity index (χ3n) is 3.31. The molecule has 1 aromatic rings. The molecule has 1 heterocycles. The molecule has 0 bridgehead atoms. The summed E-state index contributed by atoms with van der Waals surface area (Å²) in [4.78, 5) is 25.6. The van der Waals surface area contributed by atoms with Crippen LogP contribution >= 0.6 is 11.6 Å². The zero-order valence-corrected chi connectivity index (χ0v) is 10.9. The maximum Gasteiger partial charge on any atom is 0.266 e. The van der Waals surface area contributed by atoms with Gasteiger partial charge in [-0.15, -0.1) is 0 Å². The van der Waals surface area contributed by atoms with Gasteiger partial charge in [0.05, 0.1) is 5.56 Å². The van der Waals surface area contributed by atoms with E-state index < -0.39 is 0 Å². The summed E-state index contributed by atoms with van der Waals surface area (Å²) in [6.07, 6.45) is 8.29. The number of hydrogen-bond acceptors (Lipinski definition) is 2. The van der Waals surface area contributed by atoms with Crippen LogP contribution < -0.4 is 10.9 Å². The van der Waals surface area contributed by atoms with Crippen molar-refractivity contribution in [3.05, 3.63) is 33.2 Å². The van der Waals surface area contributed by atoms with E-state index in [1.54, 1.807) is 0 Å². The first-order valence-corrected chi connectivity index (χ1v) is 6.74. The van der Waals surface area contributed by atoms with Crippen molar-refractivity contribution in [2.75, 3.05) is 0 Å². The van der Waals surface area contributed by atoms with Gasteiger partial charge in [-0.25, -0.2) is 0 Å². The van der Waals surface area contributed by atoms with E-state index in [2.05, 4.69) is 10.3 Å². The molecule has 1 saturated carbocycles. The first-order valence-electron chi connectivity index (χ1n) is 6.36. The van der Waals surface area contributed by atoms with Crippen LogP contribution in [-0.2, 0) is 0 Å². The summed E-state index contributed by atoms with van der Waals surface area (Å²) in [7, 11) is 0. The maximum atomic E-state index is 12.0. The fraction of sp³-hybridized carbons (Fsp3) is 0.538. The lowest BCUT2D eigenvalue weighted by atomic mass is 10.1. The van der Waals surface area contributed by atoms with Crippen LogP contribution in [-0.4, -0.2) is 16.9 Å². The van der Waals surface area contributed by atoms with E-state index in [9.17, 15) is 9.59 Å². The second kappa shape index (κ2) is 6.05. The molecule has 5 heteroatoms. The van der Waals surface area contributed by atoms with Gasteiger partial charge in [-0.1, -0.05) is 37.3 Å². The summed E-state index contributed by atoms with van der Waals surface area (Å²) in [5.74, 6) is -0.167. The second-order valence-electron chi connectivity index (χ2n) is 4.73. The third-order valence-corrected chi connectivity index (χ3v) is 3.59. The highest BCUT2D eigenvalue weighted by molar-refractivity contribution is 6.30. The largest absolute Gasteiger partial charge is 0.349 e. The Labute approximate surface area is 111 Å². The predicted octanol–water partition coefficient (Wildman–Crippen LogP) is 2.48. The molecule has 0 unspecified atom stereocenters. The van der Waals surface area contributed by atoms with Crippen LogP contribution in [0.4, 0.5) is 0 Å². The van der Waals surface area contributed by atoms with Crippen LogP contribution in [0.1, 0.15) is 48.9 Å². The van der Waals surface area contributed by atoms with Gasteiger partial charge in [0, 0.05) is 12.2 Å². The fourth-order valence-electron chi connectivity index (χ4n) is 2.28. The van der Waals surface area contributed by atoms with Crippen molar-refractivity contribution < 1.29 is 4.79 Å². The van der Waals surface area contributed by atoms with E-state index in [1.165, 1.54) is 25.1 Å². The molecule has 1 amide bonds. The van der Waals surface area contributed by atoms with Crippen LogP contribution in [0.2, 0.25) is 5.02 Å². The molecule has 0 aromatic carbocycles. The summed E-state index contributed by atoms with van der Waals surface area (Å²) < 4.78 is 0. The van der Waals surface area contributed by atoms with Gasteiger partial charge >= 0.3 is 0 Å². The summed E-state index contributed by atoms with van der Waals surface area (Å²) in [6, 6.07) is 1.65. The summed E-state index contributed by atoms with van der Waals surface area (Å²) in [5, 5.41) is 3.05. The summed E-state index contributed by atoms with van der Waals surface area (Å²) >= 11 is 5.70. The molecule has 1 aliphatic rings. The van der Waals surface area contributed by atoms with Crippen molar-refractivity contribution in [2.45, 2.75) is 44.6 Å². The van der Waals surface area contributed by atoms with Gasteiger partial charge in [0.2, 0.25) is 0 Å². The Bertz CT molecular complexity index is 476. The van der Waals surface area contributed by atoms with E-state index >= 15 is 0 Å². The number of aromatic nitrogens is 1. The molecule has 2 rings (SSSR count). The number of pyridine rings is 1. The highest BCUT2D eigenvalue weighted by Crippen LogP contribution is 2.17. The second-order valence-corrected chi connectivity index (χ2v) is 5.13. The Kier molecular flexibility index (Phi) is 4.42. The van der Waals surface area contributed by atoms with E-state index in [1.807, 2.05) is 0 Å². The SMILES string of the molecule is O=C(NC1CCCCCC1)c1c[nH]c(=O)c(Cl)c1. The monoisotopic (exact) mass is 268 g/mol. The smallest absolute Gasteiger partial charge is 0.266 e. The molecule has 1 aliphatic carbocycles. The molecular formula is C13H17ClN2O2. The Balaban J connectivity index is 2.02. The van der Waals surface area contributed by atoms with E-state index in [0.717, 1.165) is 25.7 Å². The van der Waals surface area contributed by atoms with E-state index in [4.69, 9.17) is 11.6 Å². The molecule has 0 spiro atoms. The van der Waals surface area contributed by atoms with E-state index in [0.29, 0.717) is 5.56 Å². The topological polar surface area (TPSA) is 62.0 Å². The predicted molar refractivity (Wildman–Crippen MR) is 71.0 cm³/mol. The quantitative estimate of drug-likeness (QED) is 0.810. The van der Waals surface area contributed by atoms with Crippen LogP contribution in [0, 0.1) is 0 Å². The van der Waals surface area contributed by atoms with Gasteiger partial charge in [-0.3, -0.25) is 9.59 Å². The van der Waals surface area contributed by atoms with Crippen LogP contribution in [0.25, 0.3) is 0 Å². The molecule has 4 nitrogen and oxygen atoms in total. The van der Waals surface area contributed by atoms with Crippen molar-refractivity contribution in [3.63, 3.8) is 0 Å². The normalized spacial score (nSPS) is 17.2. The number of aromatic amines is 1. The molecule has 98 valence electrons. The Morgan fingerprint density at radius 2 is 1.94 bits per heavy atom. The lowest BCUT2D eigenvalue weighted by Gasteiger charge is -2.16. The third kappa shape index (κ3) is 3.35. The Hall–Kier alpha value is -1.29. The summed E-state index contributed by atoms with van der Waals surface area (Å²) in [6.45, 7) is 0. The average molecular weight is 269 g/mol. The van der Waals surface area contributed by atoms with Gasteiger partial charge in [0.15, 0.2) is 0 Å². The Morgan fingerprint density at radius 1 is 1.28 bits per heavy atom. The lowest BCUT2D eigenvalue weighted by molar-refractivity contribution is 0.0933. The number of hydrogen-bond donors (Lipinski definition) is 2. The first kappa shape index (κ1) is 13.1. The van der Waals surface area contributed by atoms with Crippen molar-refractivity contribution in [3.8, 4) is 0 Å². The van der Waals surface area contributed by atoms with Crippen LogP contribution in [0.15, 0.2) is 17.1 Å². The van der Waals surface area contributed by atoms with Gasteiger partial charge in [0.25, 0.3) is 11.5 Å². The van der Waals surface area contributed by atoms with Crippen LogP contribution in [0.3, 0.4) is 0 Å². The summed E-state index contributed by atoms with van der Waals surface area (Å²) in [5.41, 5.74) is 0.0338. The lowest BCUT2D eigenvalue weighted by Crippen LogP contribution is -2.34. The molecular weight excluding hydrogens is 252 g/mol. The molecule has 1 fully saturated rings. The highest BCUT2D eigenvalue weighted by atomic mass is 35.5. The number of carbonyl (C=O) groups excluding carboxylic acids is 1. The van der Waals surface area contributed by atoms with Gasteiger partial charge in [0.1, 0.15) is 5.02 Å². The molecule has 0 aliphatic heterocycles. The van der Waals surface area contributed by atoms with Crippen molar-refractivity contribution in [2.24, 2.45) is 0 Å². The highest BCUT2D eigenvalue weighted by Gasteiger charge is 2.16. The van der Waals surface area contributed by atoms with Crippen molar-refractivity contribution in [1.82, 2.24) is 10.3 Å². The minimum atomic E-state index is -0.373. The van der Waals surface area contributed by atoms with Gasteiger partial charge in [-0.05, 0) is 18.9 Å². The molecule has 0 saturated heterocycles. The number of nitrogens with one attached hydrogen (secondary N) is 2. The van der Waals surface area contributed by atoms with Gasteiger partial charge < -0.3 is 10.3 Å². The molecule has 1 aromatic heterocycles. The number of amides is 1. The van der Waals surface area contributed by atoms with Crippen molar-refractivity contribution in [1.29, 1.82) is 0 Å². The first-order chi connectivity index (χ1) is 8.66. The van der Waals surface area contributed by atoms with E-state index in [-0.39, 0.29) is 22.5 Å². The molecule has 0 radical (unpaired) electrons. The molecule has 2 N–H and O–H groups in total. The maximum absolute atomic E-state index is 12.0. The number of halogens is 1. The minimum Gasteiger partial charge on any atom is -0.349 e. The van der Waals surface area contributed by atoms with Crippen LogP contribution in [0.5, 0.6) is 0 Å². The molecule has 18 heavy (non-hydrogen) atoms. The zero-order chi connectivity index (χ0) is 13.0. The zero-order valence-electron chi connectivity index (χ0n) is 10.2. The number of carbonyl (C=O) groups is 1. The molecule has 0 atom stereocenters. The average Bonchev–Trinajstić information content (AvgIpc) is 2.61. The Morgan fingerprint density at radius 3 is 2.56 bits per heavy atom. The fourth-order valence-corrected chi connectivity index (χ4v) is 2.45. The minimum absolute atomic E-state index is 0.0449.